The van der Waals surface area contributed by atoms with Gasteiger partial charge in [0.05, 0.1) is 12.8 Å². The second-order valence-electron chi connectivity index (χ2n) is 4.70. The van der Waals surface area contributed by atoms with Crippen molar-refractivity contribution in [2.24, 2.45) is 5.73 Å². The second kappa shape index (κ2) is 7.15. The van der Waals surface area contributed by atoms with E-state index in [1.807, 2.05) is 0 Å². The molecule has 0 fully saturated rings. The molecule has 0 amide bonds. The number of Topliss-reactive ketones (excluding diaryl/α,β-unsaturated/α-hetero) is 1. The monoisotopic (exact) mass is 352 g/mol. The normalized spacial score (nSPS) is 11.0. The predicted octanol–water partition coefficient (Wildman–Crippen LogP) is 0.413. The summed E-state index contributed by atoms with van der Waals surface area (Å²) in [7, 11) is -2.73. The summed E-state index contributed by atoms with van der Waals surface area (Å²) in [6, 6.07) is 8.17. The van der Waals surface area contributed by atoms with E-state index in [9.17, 15) is 13.2 Å². The summed E-state index contributed by atoms with van der Waals surface area (Å²) in [5.74, 6) is -1.73. The molecule has 2 rings (SSSR count). The first-order chi connectivity index (χ1) is 11.3. The molecule has 128 valence electrons. The van der Waals surface area contributed by atoms with E-state index in [1.165, 1.54) is 19.2 Å². The first-order valence-electron chi connectivity index (χ1n) is 6.68. The van der Waals surface area contributed by atoms with E-state index in [0.29, 0.717) is 11.4 Å². The van der Waals surface area contributed by atoms with Crippen molar-refractivity contribution in [3.63, 3.8) is 0 Å². The number of methoxy groups -OCH3 is 1. The van der Waals surface area contributed by atoms with E-state index in [4.69, 9.17) is 15.9 Å². The van der Waals surface area contributed by atoms with Crippen molar-refractivity contribution < 1.29 is 22.2 Å². The lowest BCUT2D eigenvalue weighted by Gasteiger charge is -2.11. The van der Waals surface area contributed by atoms with Gasteiger partial charge in [0, 0.05) is 18.0 Å². The molecule has 24 heavy (non-hydrogen) atoms. The predicted molar refractivity (Wildman–Crippen MR) is 86.6 cm³/mol. The van der Waals surface area contributed by atoms with Gasteiger partial charge in [0.2, 0.25) is 5.96 Å². The quantitative estimate of drug-likeness (QED) is 0.284. The van der Waals surface area contributed by atoms with Gasteiger partial charge in [0.1, 0.15) is 11.5 Å². The fraction of sp³-hybridized carbons (Fsp3) is 0.143. The Morgan fingerprint density at radius 1 is 1.33 bits per heavy atom. The minimum atomic E-state index is -4.23. The number of aromatic nitrogens is 1. The number of carbonyl (C=O) groups is 1. The number of benzene rings is 1. The molecule has 0 saturated heterocycles. The minimum Gasteiger partial charge on any atom is -0.495 e. The Balaban J connectivity index is 2.24. The van der Waals surface area contributed by atoms with Crippen LogP contribution in [0.1, 0.15) is 10.4 Å². The highest BCUT2D eigenvalue weighted by atomic mass is 32.2. The van der Waals surface area contributed by atoms with Crippen LogP contribution in [0, 0.1) is 5.41 Å². The smallest absolute Gasteiger partial charge is 0.295 e. The molecule has 0 unspecified atom stereocenters. The topological polar surface area (TPSA) is 137 Å². The molecular weight excluding hydrogens is 336 g/mol. The van der Waals surface area contributed by atoms with Crippen LogP contribution in [0.3, 0.4) is 0 Å². The van der Waals surface area contributed by atoms with Crippen LogP contribution in [-0.4, -0.2) is 37.6 Å². The highest BCUT2D eigenvalue weighted by molar-refractivity contribution is 7.87. The molecular formula is C14H16N4O5S. The Morgan fingerprint density at radius 3 is 2.58 bits per heavy atom. The van der Waals surface area contributed by atoms with Crippen LogP contribution in [0.5, 0.6) is 5.75 Å². The van der Waals surface area contributed by atoms with Gasteiger partial charge in [-0.3, -0.25) is 10.2 Å². The highest BCUT2D eigenvalue weighted by Crippen LogP contribution is 2.24. The number of ether oxygens (including phenoxy) is 1. The van der Waals surface area contributed by atoms with E-state index in [-0.39, 0.29) is 5.56 Å². The van der Waals surface area contributed by atoms with Gasteiger partial charge in [-0.05, 0) is 30.3 Å². The Hall–Kier alpha value is -2.85. The fourth-order valence-corrected chi connectivity index (χ4v) is 2.71. The van der Waals surface area contributed by atoms with Gasteiger partial charge in [-0.15, -0.1) is 4.28 Å². The number of ketones is 1. The number of nitrogens with one attached hydrogen (secondary N) is 2. The van der Waals surface area contributed by atoms with E-state index < -0.39 is 27.6 Å². The molecule has 0 aliphatic rings. The largest absolute Gasteiger partial charge is 0.495 e. The molecule has 0 aliphatic heterocycles. The van der Waals surface area contributed by atoms with Crippen LogP contribution in [0.15, 0.2) is 42.7 Å². The van der Waals surface area contributed by atoms with E-state index in [1.54, 1.807) is 40.6 Å². The SMILES string of the molecule is COc1ccc(C(=O)CS(=O)(=O)ONC(=N)N)cc1-n1cccc1. The number of hydroxylamine groups is 1. The molecule has 1 aromatic carbocycles. The molecule has 0 radical (unpaired) electrons. The molecule has 10 heteroatoms. The molecule has 1 heterocycles. The van der Waals surface area contributed by atoms with Crippen molar-refractivity contribution in [2.75, 3.05) is 12.9 Å². The Kier molecular flexibility index (Phi) is 5.21. The molecule has 2 aromatic rings. The summed E-state index contributed by atoms with van der Waals surface area (Å²) in [5.41, 5.74) is 7.39. The maximum atomic E-state index is 12.2. The van der Waals surface area contributed by atoms with Crippen molar-refractivity contribution in [3.8, 4) is 11.4 Å². The summed E-state index contributed by atoms with van der Waals surface area (Å²) in [6.07, 6.45) is 3.53. The Labute approximate surface area is 138 Å². The molecule has 0 bridgehead atoms. The van der Waals surface area contributed by atoms with Gasteiger partial charge in [0.25, 0.3) is 10.1 Å². The molecule has 4 N–H and O–H groups in total. The fourth-order valence-electron chi connectivity index (χ4n) is 1.94. The van der Waals surface area contributed by atoms with E-state index >= 15 is 0 Å². The summed E-state index contributed by atoms with van der Waals surface area (Å²) in [4.78, 5) is 12.2. The average molecular weight is 352 g/mol. The molecule has 0 spiro atoms. The third kappa shape index (κ3) is 4.33. The number of nitrogens with zero attached hydrogens (tertiary/aromatic N) is 1. The van der Waals surface area contributed by atoms with Gasteiger partial charge >= 0.3 is 0 Å². The van der Waals surface area contributed by atoms with Gasteiger partial charge < -0.3 is 15.0 Å². The van der Waals surface area contributed by atoms with Gasteiger partial charge in [-0.25, -0.2) is 5.48 Å². The number of carbonyl (C=O) groups excluding carboxylic acids is 1. The van der Waals surface area contributed by atoms with Crippen LogP contribution < -0.4 is 16.0 Å². The lowest BCUT2D eigenvalue weighted by Crippen LogP contribution is -2.34. The number of nitrogens with two attached hydrogens (primary N) is 1. The highest BCUT2D eigenvalue weighted by Gasteiger charge is 2.21. The number of hydrogen-bond acceptors (Lipinski definition) is 6. The van der Waals surface area contributed by atoms with Crippen molar-refractivity contribution in [2.45, 2.75) is 0 Å². The zero-order valence-electron chi connectivity index (χ0n) is 12.7. The number of hydrogen-bond donors (Lipinski definition) is 3. The summed E-state index contributed by atoms with van der Waals surface area (Å²) in [5, 5.41) is 6.85. The maximum Gasteiger partial charge on any atom is 0.295 e. The number of guanidine groups is 1. The Bertz CT molecular complexity index is 846. The molecule has 0 aliphatic carbocycles. The Morgan fingerprint density at radius 2 is 2.00 bits per heavy atom. The van der Waals surface area contributed by atoms with Crippen molar-refractivity contribution >= 4 is 21.9 Å². The summed E-state index contributed by atoms with van der Waals surface area (Å²) in [6.45, 7) is 0. The molecule has 0 atom stereocenters. The zero-order chi connectivity index (χ0) is 17.7. The van der Waals surface area contributed by atoms with E-state index in [2.05, 4.69) is 4.28 Å². The zero-order valence-corrected chi connectivity index (χ0v) is 13.5. The van der Waals surface area contributed by atoms with Crippen molar-refractivity contribution in [1.29, 1.82) is 5.41 Å². The van der Waals surface area contributed by atoms with Crippen LogP contribution in [0.4, 0.5) is 0 Å². The summed E-state index contributed by atoms with van der Waals surface area (Å²) >= 11 is 0. The molecule has 1 aromatic heterocycles. The first-order valence-corrected chi connectivity index (χ1v) is 8.26. The van der Waals surface area contributed by atoms with Crippen molar-refractivity contribution in [1.82, 2.24) is 10.0 Å². The van der Waals surface area contributed by atoms with Gasteiger partial charge in [-0.2, -0.15) is 8.42 Å². The van der Waals surface area contributed by atoms with Crippen LogP contribution in [-0.2, 0) is 14.4 Å². The third-order valence-electron chi connectivity index (χ3n) is 2.97. The maximum absolute atomic E-state index is 12.2. The molecule has 9 nitrogen and oxygen atoms in total. The van der Waals surface area contributed by atoms with Crippen LogP contribution in [0.25, 0.3) is 5.69 Å². The van der Waals surface area contributed by atoms with Crippen molar-refractivity contribution in [3.05, 3.63) is 48.3 Å². The standard InChI is InChI=1S/C14H16N4O5S/c1-22-13-5-4-10(8-11(13)18-6-2-3-7-18)12(19)9-24(20,21)23-17-14(15)16/h2-8H,9H2,1H3,(H4,15,16,17). The average Bonchev–Trinajstić information content (AvgIpc) is 3.06. The minimum absolute atomic E-state index is 0.175. The molecule has 0 saturated carbocycles. The third-order valence-corrected chi connectivity index (χ3v) is 3.92. The second-order valence-corrected chi connectivity index (χ2v) is 6.27. The number of rotatable bonds is 7. The lowest BCUT2D eigenvalue weighted by atomic mass is 10.1. The first kappa shape index (κ1) is 17.5. The van der Waals surface area contributed by atoms with E-state index in [0.717, 1.165) is 0 Å². The van der Waals surface area contributed by atoms with Gasteiger partial charge in [-0.1, -0.05) is 0 Å². The lowest BCUT2D eigenvalue weighted by molar-refractivity contribution is 0.101. The van der Waals surface area contributed by atoms with Gasteiger partial charge in [0.15, 0.2) is 5.78 Å². The van der Waals surface area contributed by atoms with Crippen LogP contribution in [0.2, 0.25) is 0 Å². The summed E-state index contributed by atoms with van der Waals surface area (Å²) < 4.78 is 34.6. The van der Waals surface area contributed by atoms with Crippen LogP contribution >= 0.6 is 0 Å².